The van der Waals surface area contributed by atoms with Crippen LogP contribution in [0.5, 0.6) is 0 Å². The van der Waals surface area contributed by atoms with Gasteiger partial charge < -0.3 is 4.57 Å². The molecule has 0 atom stereocenters. The zero-order valence-corrected chi connectivity index (χ0v) is 30.0. The minimum absolute atomic E-state index is 0.706. The Morgan fingerprint density at radius 3 is 1.85 bits per heavy atom. The molecule has 252 valence electrons. The largest absolute Gasteiger partial charge is 0.316 e. The standard InChI is InChI=1S/C50H31N3S/c1-3-15-32(16-4-1)48-47-41-23-10-8-20-38(41)39-21-9-11-24-42(39)49(47)52-50(51-48)36-28-34(27-35(29-36)46-30-33-17-7-14-26-45(33)54-46)43-31-53(37-18-5-2-6-19-37)44-25-13-12-22-40(43)44/h1-31H. The Kier molecular flexibility index (Phi) is 7.04. The van der Waals surface area contributed by atoms with Gasteiger partial charge in [0.15, 0.2) is 5.82 Å². The number of benzene rings is 8. The molecular formula is C50H31N3S. The number of para-hydroxylation sites is 2. The molecule has 3 aromatic heterocycles. The van der Waals surface area contributed by atoms with E-state index in [-0.39, 0.29) is 0 Å². The first-order valence-corrected chi connectivity index (χ1v) is 19.1. The van der Waals surface area contributed by atoms with E-state index in [9.17, 15) is 0 Å². The molecule has 3 heterocycles. The van der Waals surface area contributed by atoms with Gasteiger partial charge >= 0.3 is 0 Å². The minimum atomic E-state index is 0.706. The molecule has 0 aliphatic heterocycles. The Hall–Kier alpha value is -6.88. The summed E-state index contributed by atoms with van der Waals surface area (Å²) in [6, 6.07) is 65.0. The second-order valence-corrected chi connectivity index (χ2v) is 14.9. The average molecular weight is 706 g/mol. The lowest BCUT2D eigenvalue weighted by Gasteiger charge is -2.16. The lowest BCUT2D eigenvalue weighted by molar-refractivity contribution is 1.13. The molecule has 3 nitrogen and oxygen atoms in total. The molecule has 0 amide bonds. The van der Waals surface area contributed by atoms with Gasteiger partial charge in [-0.25, -0.2) is 9.97 Å². The fourth-order valence-corrected chi connectivity index (χ4v) is 9.15. The molecule has 54 heavy (non-hydrogen) atoms. The van der Waals surface area contributed by atoms with Crippen molar-refractivity contribution in [1.29, 1.82) is 0 Å². The van der Waals surface area contributed by atoms with E-state index in [1.54, 1.807) is 0 Å². The van der Waals surface area contributed by atoms with Crippen molar-refractivity contribution < 1.29 is 0 Å². The molecule has 0 N–H and O–H groups in total. The van der Waals surface area contributed by atoms with E-state index in [4.69, 9.17) is 9.97 Å². The molecular weight excluding hydrogens is 675 g/mol. The second-order valence-electron chi connectivity index (χ2n) is 13.8. The van der Waals surface area contributed by atoms with Gasteiger partial charge in [-0.15, -0.1) is 11.3 Å². The van der Waals surface area contributed by atoms with Gasteiger partial charge in [-0.05, 0) is 81.2 Å². The minimum Gasteiger partial charge on any atom is -0.316 e. The number of hydrogen-bond acceptors (Lipinski definition) is 3. The zero-order chi connectivity index (χ0) is 35.6. The van der Waals surface area contributed by atoms with Gasteiger partial charge in [-0.3, -0.25) is 0 Å². The Morgan fingerprint density at radius 1 is 0.444 bits per heavy atom. The molecule has 11 rings (SSSR count). The highest BCUT2D eigenvalue weighted by molar-refractivity contribution is 7.22. The summed E-state index contributed by atoms with van der Waals surface area (Å²) in [5.74, 6) is 0.706. The fourth-order valence-electron chi connectivity index (χ4n) is 8.10. The molecule has 11 aromatic rings. The van der Waals surface area contributed by atoms with Crippen LogP contribution in [0.25, 0.3) is 103 Å². The summed E-state index contributed by atoms with van der Waals surface area (Å²) in [7, 11) is 0. The average Bonchev–Trinajstić information content (AvgIpc) is 3.87. The molecule has 0 bridgehead atoms. The number of fused-ring (bicyclic) bond motifs is 8. The van der Waals surface area contributed by atoms with Crippen LogP contribution in [0.1, 0.15) is 0 Å². The first kappa shape index (κ1) is 30.7. The van der Waals surface area contributed by atoms with Gasteiger partial charge in [-0.1, -0.05) is 133 Å². The Balaban J connectivity index is 1.23. The first-order valence-electron chi connectivity index (χ1n) is 18.2. The van der Waals surface area contributed by atoms with Crippen molar-refractivity contribution in [3.63, 3.8) is 0 Å². The number of hydrogen-bond donors (Lipinski definition) is 0. The molecule has 8 aromatic carbocycles. The van der Waals surface area contributed by atoms with Crippen molar-refractivity contribution in [2.45, 2.75) is 0 Å². The monoisotopic (exact) mass is 705 g/mol. The maximum Gasteiger partial charge on any atom is 0.160 e. The highest BCUT2D eigenvalue weighted by Crippen LogP contribution is 2.43. The Bertz CT molecular complexity index is 3180. The molecule has 0 aliphatic rings. The predicted molar refractivity (Wildman–Crippen MR) is 229 cm³/mol. The third-order valence-electron chi connectivity index (χ3n) is 10.6. The third kappa shape index (κ3) is 4.96. The normalized spacial score (nSPS) is 11.7. The summed E-state index contributed by atoms with van der Waals surface area (Å²) in [5.41, 5.74) is 9.68. The van der Waals surface area contributed by atoms with E-state index in [0.717, 1.165) is 55.3 Å². The van der Waals surface area contributed by atoms with E-state index in [1.807, 2.05) is 11.3 Å². The van der Waals surface area contributed by atoms with Crippen molar-refractivity contribution in [3.8, 4) is 49.9 Å². The molecule has 0 spiro atoms. The van der Waals surface area contributed by atoms with Crippen LogP contribution in [-0.2, 0) is 0 Å². The smallest absolute Gasteiger partial charge is 0.160 e. The zero-order valence-electron chi connectivity index (χ0n) is 29.1. The second kappa shape index (κ2) is 12.4. The van der Waals surface area contributed by atoms with Crippen molar-refractivity contribution in [3.05, 3.63) is 188 Å². The SMILES string of the molecule is c1ccc(-c2nc(-c3cc(-c4cc5ccccc5s4)cc(-c4cn(-c5ccccc5)c5ccccc45)c3)nc3c4ccccc4c4ccccc4c23)cc1. The fraction of sp³-hybridized carbons (Fsp3) is 0. The van der Waals surface area contributed by atoms with Crippen LogP contribution >= 0.6 is 11.3 Å². The summed E-state index contributed by atoms with van der Waals surface area (Å²) >= 11 is 1.82. The summed E-state index contributed by atoms with van der Waals surface area (Å²) in [4.78, 5) is 12.3. The summed E-state index contributed by atoms with van der Waals surface area (Å²) in [6.07, 6.45) is 2.28. The van der Waals surface area contributed by atoms with E-state index in [2.05, 4.69) is 193 Å². The van der Waals surface area contributed by atoms with Gasteiger partial charge in [0.05, 0.1) is 16.7 Å². The lowest BCUT2D eigenvalue weighted by Crippen LogP contribution is -1.98. The highest BCUT2D eigenvalue weighted by atomic mass is 32.1. The molecule has 0 radical (unpaired) electrons. The van der Waals surface area contributed by atoms with Gasteiger partial charge in [0.2, 0.25) is 0 Å². The number of nitrogens with zero attached hydrogens (tertiary/aromatic N) is 3. The van der Waals surface area contributed by atoms with Crippen molar-refractivity contribution in [2.24, 2.45) is 0 Å². The van der Waals surface area contributed by atoms with Crippen LogP contribution in [0, 0.1) is 0 Å². The first-order chi connectivity index (χ1) is 26.8. The van der Waals surface area contributed by atoms with Crippen molar-refractivity contribution >= 4 is 64.8 Å². The summed E-state index contributed by atoms with van der Waals surface area (Å²) in [6.45, 7) is 0. The van der Waals surface area contributed by atoms with Gasteiger partial charge in [0.1, 0.15) is 0 Å². The lowest BCUT2D eigenvalue weighted by atomic mass is 9.94. The van der Waals surface area contributed by atoms with E-state index in [0.29, 0.717) is 5.82 Å². The molecule has 0 aliphatic carbocycles. The molecule has 0 unspecified atom stereocenters. The molecule has 0 saturated carbocycles. The summed E-state index contributed by atoms with van der Waals surface area (Å²) in [5, 5.41) is 8.20. The van der Waals surface area contributed by atoms with E-state index in [1.165, 1.54) is 42.2 Å². The Labute approximate surface area is 316 Å². The van der Waals surface area contributed by atoms with Crippen LogP contribution in [0.4, 0.5) is 0 Å². The van der Waals surface area contributed by atoms with E-state index >= 15 is 0 Å². The molecule has 0 saturated heterocycles. The number of thiophene rings is 1. The van der Waals surface area contributed by atoms with Crippen molar-refractivity contribution in [2.75, 3.05) is 0 Å². The van der Waals surface area contributed by atoms with Gasteiger partial charge in [0, 0.05) is 54.3 Å². The van der Waals surface area contributed by atoms with Crippen LogP contribution in [0.3, 0.4) is 0 Å². The van der Waals surface area contributed by atoms with Crippen LogP contribution < -0.4 is 0 Å². The molecule has 0 fully saturated rings. The third-order valence-corrected chi connectivity index (χ3v) is 11.7. The van der Waals surface area contributed by atoms with Crippen LogP contribution in [0.2, 0.25) is 0 Å². The van der Waals surface area contributed by atoms with Crippen LogP contribution in [0.15, 0.2) is 188 Å². The van der Waals surface area contributed by atoms with Gasteiger partial charge in [0.25, 0.3) is 0 Å². The van der Waals surface area contributed by atoms with Crippen molar-refractivity contribution in [1.82, 2.24) is 14.5 Å². The number of aromatic nitrogens is 3. The predicted octanol–water partition coefficient (Wildman–Crippen LogP) is 13.8. The maximum absolute atomic E-state index is 5.52. The maximum atomic E-state index is 5.52. The van der Waals surface area contributed by atoms with E-state index < -0.39 is 0 Å². The van der Waals surface area contributed by atoms with Crippen LogP contribution in [-0.4, -0.2) is 14.5 Å². The Morgan fingerprint density at radius 2 is 1.06 bits per heavy atom. The highest BCUT2D eigenvalue weighted by Gasteiger charge is 2.20. The van der Waals surface area contributed by atoms with Gasteiger partial charge in [-0.2, -0.15) is 0 Å². The number of rotatable bonds is 5. The molecule has 4 heteroatoms. The quantitative estimate of drug-likeness (QED) is 0.167. The summed E-state index contributed by atoms with van der Waals surface area (Å²) < 4.78 is 3.57. The topological polar surface area (TPSA) is 30.7 Å².